The van der Waals surface area contributed by atoms with Crippen molar-refractivity contribution < 1.29 is 13.2 Å². The molecule has 3 rings (SSSR count). The maximum Gasteiger partial charge on any atom is 0.416 e. The smallest absolute Gasteiger partial charge is 0.354 e. The van der Waals surface area contributed by atoms with Crippen LogP contribution in [0.25, 0.3) is 0 Å². The number of thiophene rings is 1. The molecule has 2 aromatic rings. The molecule has 1 aliphatic rings. The number of aliphatic imine (C=N–C) groups is 1. The van der Waals surface area contributed by atoms with Crippen LogP contribution in [-0.2, 0) is 12.7 Å². The van der Waals surface area contributed by atoms with Gasteiger partial charge in [0.1, 0.15) is 0 Å². The zero-order valence-corrected chi connectivity index (χ0v) is 19.4. The summed E-state index contributed by atoms with van der Waals surface area (Å²) in [5.41, 5.74) is -0.0753. The third-order valence-electron chi connectivity index (χ3n) is 4.85. The van der Waals surface area contributed by atoms with Crippen molar-refractivity contribution >= 4 is 41.3 Å². The molecule has 1 aromatic heterocycles. The first kappa shape index (κ1) is 23.9. The fraction of sp³-hybridized carbons (Fsp3) is 0.450. The van der Waals surface area contributed by atoms with Crippen LogP contribution >= 0.6 is 35.3 Å². The Labute approximate surface area is 190 Å². The van der Waals surface area contributed by atoms with Crippen molar-refractivity contribution in [2.24, 2.45) is 4.99 Å². The highest BCUT2D eigenvalue weighted by Gasteiger charge is 2.30. The van der Waals surface area contributed by atoms with Crippen LogP contribution in [0.15, 0.2) is 46.8 Å². The number of likely N-dealkylation sites (tertiary alicyclic amines) is 1. The van der Waals surface area contributed by atoms with E-state index in [9.17, 15) is 13.2 Å². The van der Waals surface area contributed by atoms with E-state index in [4.69, 9.17) is 0 Å². The number of hydrogen-bond acceptors (Lipinski definition) is 3. The number of halogens is 4. The predicted octanol–water partition coefficient (Wildman–Crippen LogP) is 4.89. The first-order valence-corrected chi connectivity index (χ1v) is 10.2. The highest BCUT2D eigenvalue weighted by molar-refractivity contribution is 14.0. The van der Waals surface area contributed by atoms with Crippen molar-refractivity contribution in [1.29, 1.82) is 0 Å². The van der Waals surface area contributed by atoms with E-state index in [-0.39, 0.29) is 36.6 Å². The third-order valence-corrected chi connectivity index (χ3v) is 5.83. The summed E-state index contributed by atoms with van der Waals surface area (Å²) in [6.45, 7) is 3.14. The predicted molar refractivity (Wildman–Crippen MR) is 123 cm³/mol. The first-order chi connectivity index (χ1) is 13.5. The standard InChI is InChI=1S/C20H25F3N4S.HI/c1-24-19(25-13-15-6-4-7-16(12-15)20(21,22)23)26-14-17(18-8-5-11-28-18)27-9-2-3-10-27;/h4-8,11-12,17H,2-3,9-10,13-14H2,1H3,(H2,24,25,26);1H. The monoisotopic (exact) mass is 538 g/mol. The number of benzene rings is 1. The summed E-state index contributed by atoms with van der Waals surface area (Å²) in [6.07, 6.45) is -1.91. The van der Waals surface area contributed by atoms with Gasteiger partial charge in [0, 0.05) is 25.0 Å². The van der Waals surface area contributed by atoms with Crippen LogP contribution in [0.3, 0.4) is 0 Å². The topological polar surface area (TPSA) is 39.7 Å². The molecule has 1 fully saturated rings. The van der Waals surface area contributed by atoms with E-state index < -0.39 is 11.7 Å². The molecule has 9 heteroatoms. The molecule has 160 valence electrons. The summed E-state index contributed by atoms with van der Waals surface area (Å²) in [6, 6.07) is 9.83. The quantitative estimate of drug-likeness (QED) is 0.313. The van der Waals surface area contributed by atoms with E-state index >= 15 is 0 Å². The van der Waals surface area contributed by atoms with Gasteiger partial charge in [-0.25, -0.2) is 0 Å². The third kappa shape index (κ3) is 6.85. The number of nitrogens with zero attached hydrogens (tertiary/aromatic N) is 2. The number of nitrogens with one attached hydrogen (secondary N) is 2. The second kappa shape index (κ2) is 11.2. The number of rotatable bonds is 6. The van der Waals surface area contributed by atoms with Crippen molar-refractivity contribution in [3.8, 4) is 0 Å². The molecule has 1 aromatic carbocycles. The van der Waals surface area contributed by atoms with Crippen molar-refractivity contribution in [2.45, 2.75) is 31.6 Å². The molecule has 1 unspecified atom stereocenters. The molecule has 4 nitrogen and oxygen atoms in total. The average Bonchev–Trinajstić information content (AvgIpc) is 3.38. The van der Waals surface area contributed by atoms with Crippen LogP contribution in [0, 0.1) is 0 Å². The maximum atomic E-state index is 12.9. The van der Waals surface area contributed by atoms with Gasteiger partial charge >= 0.3 is 6.18 Å². The van der Waals surface area contributed by atoms with Crippen LogP contribution in [0.2, 0.25) is 0 Å². The fourth-order valence-corrected chi connectivity index (χ4v) is 4.26. The van der Waals surface area contributed by atoms with Crippen LogP contribution in [0.5, 0.6) is 0 Å². The van der Waals surface area contributed by atoms with Crippen molar-refractivity contribution in [3.05, 3.63) is 57.8 Å². The van der Waals surface area contributed by atoms with Crippen LogP contribution in [0.1, 0.15) is 34.9 Å². The molecular formula is C20H26F3IN4S. The zero-order valence-electron chi connectivity index (χ0n) is 16.2. The second-order valence-corrected chi connectivity index (χ2v) is 7.76. The molecule has 0 bridgehead atoms. The minimum atomic E-state index is -4.33. The lowest BCUT2D eigenvalue weighted by Gasteiger charge is -2.27. The van der Waals surface area contributed by atoms with Gasteiger partial charge in [0.25, 0.3) is 0 Å². The van der Waals surface area contributed by atoms with Gasteiger partial charge < -0.3 is 10.6 Å². The van der Waals surface area contributed by atoms with Gasteiger partial charge in [-0.3, -0.25) is 9.89 Å². The fourth-order valence-electron chi connectivity index (χ4n) is 3.40. The van der Waals surface area contributed by atoms with Gasteiger partial charge in [-0.05, 0) is 55.1 Å². The SMILES string of the molecule is CN=C(NCc1cccc(C(F)(F)F)c1)NCC(c1cccs1)N1CCCC1.I. The van der Waals surface area contributed by atoms with E-state index in [1.807, 2.05) is 0 Å². The van der Waals surface area contributed by atoms with E-state index in [1.54, 1.807) is 24.5 Å². The average molecular weight is 538 g/mol. The van der Waals surface area contributed by atoms with Gasteiger partial charge in [0.15, 0.2) is 5.96 Å². The van der Waals surface area contributed by atoms with Gasteiger partial charge in [-0.1, -0.05) is 18.2 Å². The molecule has 2 N–H and O–H groups in total. The minimum absolute atomic E-state index is 0. The van der Waals surface area contributed by atoms with Crippen molar-refractivity contribution in [3.63, 3.8) is 0 Å². The molecule has 0 saturated carbocycles. The van der Waals surface area contributed by atoms with E-state index in [2.05, 4.69) is 38.0 Å². The Morgan fingerprint density at radius 3 is 2.55 bits per heavy atom. The molecule has 0 spiro atoms. The van der Waals surface area contributed by atoms with Gasteiger partial charge in [0.2, 0.25) is 0 Å². The largest absolute Gasteiger partial charge is 0.416 e. The molecular weight excluding hydrogens is 512 g/mol. The second-order valence-electron chi connectivity index (χ2n) is 6.78. The lowest BCUT2D eigenvalue weighted by atomic mass is 10.1. The summed E-state index contributed by atoms with van der Waals surface area (Å²) in [5, 5.41) is 8.53. The van der Waals surface area contributed by atoms with Crippen LogP contribution in [-0.4, -0.2) is 37.5 Å². The summed E-state index contributed by atoms with van der Waals surface area (Å²) in [7, 11) is 1.66. The van der Waals surface area contributed by atoms with Crippen molar-refractivity contribution in [2.75, 3.05) is 26.7 Å². The Morgan fingerprint density at radius 1 is 1.17 bits per heavy atom. The molecule has 0 amide bonds. The summed E-state index contributed by atoms with van der Waals surface area (Å²) in [5.74, 6) is 0.582. The van der Waals surface area contributed by atoms with Gasteiger partial charge in [-0.15, -0.1) is 35.3 Å². The number of guanidine groups is 1. The van der Waals surface area contributed by atoms with Crippen LogP contribution in [0.4, 0.5) is 13.2 Å². The normalized spacial score (nSPS) is 16.3. The first-order valence-electron chi connectivity index (χ1n) is 9.35. The maximum absolute atomic E-state index is 12.9. The molecule has 1 atom stereocenters. The molecule has 2 heterocycles. The van der Waals surface area contributed by atoms with Crippen molar-refractivity contribution in [1.82, 2.24) is 15.5 Å². The molecule has 0 radical (unpaired) electrons. The lowest BCUT2D eigenvalue weighted by Crippen LogP contribution is -2.42. The highest BCUT2D eigenvalue weighted by atomic mass is 127. The Hall–Kier alpha value is -1.33. The van der Waals surface area contributed by atoms with Gasteiger partial charge in [-0.2, -0.15) is 13.2 Å². The minimum Gasteiger partial charge on any atom is -0.354 e. The zero-order chi connectivity index (χ0) is 20.0. The molecule has 0 aliphatic carbocycles. The number of alkyl halides is 3. The van der Waals surface area contributed by atoms with Gasteiger partial charge in [0.05, 0.1) is 11.6 Å². The highest BCUT2D eigenvalue weighted by Crippen LogP contribution is 2.30. The van der Waals surface area contributed by atoms with E-state index in [0.717, 1.165) is 19.2 Å². The molecule has 1 aliphatic heterocycles. The Morgan fingerprint density at radius 2 is 1.93 bits per heavy atom. The Kier molecular flexibility index (Phi) is 9.22. The van der Waals surface area contributed by atoms with E-state index in [1.165, 1.54) is 29.9 Å². The number of hydrogen-bond donors (Lipinski definition) is 2. The summed E-state index contributed by atoms with van der Waals surface area (Å²) in [4.78, 5) is 7.99. The van der Waals surface area contributed by atoms with Crippen LogP contribution < -0.4 is 10.6 Å². The Bertz CT molecular complexity index is 774. The lowest BCUT2D eigenvalue weighted by molar-refractivity contribution is -0.137. The Balaban J connectivity index is 0.00000300. The summed E-state index contributed by atoms with van der Waals surface area (Å²) < 4.78 is 38.6. The summed E-state index contributed by atoms with van der Waals surface area (Å²) >= 11 is 1.74. The van der Waals surface area contributed by atoms with E-state index in [0.29, 0.717) is 18.1 Å². The molecule has 29 heavy (non-hydrogen) atoms. The molecule has 1 saturated heterocycles.